The summed E-state index contributed by atoms with van der Waals surface area (Å²) in [6.07, 6.45) is -8.35. The Morgan fingerprint density at radius 1 is 1.23 bits per heavy atom. The molecule has 1 aromatic carbocycles. The molecule has 2 heterocycles. The number of nitrogens with zero attached hydrogens (tertiary/aromatic N) is 1. The van der Waals surface area contributed by atoms with Crippen LogP contribution in [-0.2, 0) is 23.4 Å². The van der Waals surface area contributed by atoms with Gasteiger partial charge < -0.3 is 19.1 Å². The van der Waals surface area contributed by atoms with E-state index in [1.54, 1.807) is 37.0 Å². The van der Waals surface area contributed by atoms with Crippen LogP contribution in [0.2, 0.25) is 0 Å². The molecule has 0 spiro atoms. The number of para-hydroxylation sites is 1. The lowest BCUT2D eigenvalue weighted by Crippen LogP contribution is -2.48. The van der Waals surface area contributed by atoms with Crippen molar-refractivity contribution in [2.45, 2.75) is 64.0 Å². The van der Waals surface area contributed by atoms with E-state index < -0.39 is 85.7 Å². The van der Waals surface area contributed by atoms with E-state index in [0.717, 1.165) is 0 Å². The van der Waals surface area contributed by atoms with Crippen LogP contribution >= 0.6 is 7.60 Å². The number of aromatic amines is 1. The highest BCUT2D eigenvalue weighted by Gasteiger charge is 2.61. The number of hydrogen-bond acceptors (Lipinski definition) is 9. The van der Waals surface area contributed by atoms with Gasteiger partial charge in [-0.15, -0.1) is 0 Å². The van der Waals surface area contributed by atoms with Crippen LogP contribution in [0.4, 0.5) is 13.2 Å². The first kappa shape index (κ1) is 30.6. The number of rotatable bonds is 11. The minimum Gasteiger partial charge on any atom is -0.463 e. The third kappa shape index (κ3) is 6.81. The molecule has 7 atom stereocenters. The number of alkyl halides is 2. The molecule has 1 aliphatic rings. The molecule has 2 N–H and O–H groups in total. The van der Waals surface area contributed by atoms with Gasteiger partial charge >= 0.3 is 19.3 Å². The van der Waals surface area contributed by atoms with Crippen molar-refractivity contribution in [3.63, 3.8) is 0 Å². The number of aliphatic hydroxyl groups is 1. The third-order valence-corrected chi connectivity index (χ3v) is 8.05. The molecule has 216 valence electrons. The molecule has 39 heavy (non-hydrogen) atoms. The topological polar surface area (TPSA) is 146 Å². The Morgan fingerprint density at radius 2 is 1.87 bits per heavy atom. The molecule has 1 aromatic heterocycles. The number of halogens is 3. The lowest BCUT2D eigenvalue weighted by Gasteiger charge is -2.29. The molecule has 1 saturated heterocycles. The first-order chi connectivity index (χ1) is 18.2. The SMILES string of the molecule is CC(C)OC(=O)[C@H](C)C[P@@](=O)(Oc1ccccc1)O[C@@H](C)[C@H]1O[C@@H](n2cc(F)c(=O)[nH]c2=O)C(F)(CF)[C@H]1O. The Kier molecular flexibility index (Phi) is 9.47. The second-order valence-corrected chi connectivity index (χ2v) is 11.5. The highest BCUT2D eigenvalue weighted by molar-refractivity contribution is 7.54. The average Bonchev–Trinajstić information content (AvgIpc) is 3.12. The van der Waals surface area contributed by atoms with E-state index in [1.165, 1.54) is 26.0 Å². The average molecular weight is 578 g/mol. The highest BCUT2D eigenvalue weighted by atomic mass is 31.2. The number of carbonyl (C=O) groups excluding carboxylic acids is 1. The standard InChI is InChI=1S/C24H30F3N2O9P/c1-13(2)35-21(32)14(3)11-39(34,38-16-8-6-5-7-9-16)37-15(4)18-19(30)24(27,12-25)22(36-18)29-10-17(26)20(31)28-23(29)33/h5-10,13-15,18-19,22,30H,11-12H2,1-4H3,(H,28,31,33)/t14-,15+,18-,19+,22-,24?,39+/m1/s1. The second-order valence-electron chi connectivity index (χ2n) is 9.50. The van der Waals surface area contributed by atoms with Crippen molar-refractivity contribution in [1.29, 1.82) is 0 Å². The number of ether oxygens (including phenoxy) is 2. The summed E-state index contributed by atoms with van der Waals surface area (Å²) < 4.78 is 79.4. The van der Waals surface area contributed by atoms with Crippen LogP contribution in [-0.4, -0.2) is 63.5 Å². The molecule has 0 amide bonds. The largest absolute Gasteiger partial charge is 0.463 e. The van der Waals surface area contributed by atoms with Crippen LogP contribution in [0.3, 0.4) is 0 Å². The summed E-state index contributed by atoms with van der Waals surface area (Å²) in [5.74, 6) is -3.04. The maximum Gasteiger partial charge on any atom is 0.380 e. The fraction of sp³-hybridized carbons (Fsp3) is 0.542. The summed E-state index contributed by atoms with van der Waals surface area (Å²) in [6, 6.07) is 7.80. The van der Waals surface area contributed by atoms with Crippen molar-refractivity contribution in [2.24, 2.45) is 5.92 Å². The number of aliphatic hydroxyl groups excluding tert-OH is 1. The predicted octanol–water partition coefficient (Wildman–Crippen LogP) is 2.88. The quantitative estimate of drug-likeness (QED) is 0.304. The zero-order valence-electron chi connectivity index (χ0n) is 21.6. The van der Waals surface area contributed by atoms with Gasteiger partial charge in [-0.25, -0.2) is 18.1 Å². The maximum absolute atomic E-state index is 15.7. The molecule has 0 bridgehead atoms. The number of benzene rings is 1. The number of H-pyrrole nitrogens is 1. The van der Waals surface area contributed by atoms with Gasteiger partial charge in [-0.1, -0.05) is 25.1 Å². The van der Waals surface area contributed by atoms with E-state index in [-0.39, 0.29) is 10.3 Å². The fourth-order valence-corrected chi connectivity index (χ4v) is 6.11. The van der Waals surface area contributed by atoms with Crippen LogP contribution in [0.15, 0.2) is 46.1 Å². The number of carbonyl (C=O) groups is 1. The molecule has 1 aliphatic heterocycles. The molecular formula is C24H30F3N2O9P. The smallest absolute Gasteiger partial charge is 0.380 e. The molecule has 3 rings (SSSR count). The molecule has 11 nitrogen and oxygen atoms in total. The van der Waals surface area contributed by atoms with Gasteiger partial charge in [-0.3, -0.25) is 23.7 Å². The van der Waals surface area contributed by atoms with E-state index in [1.807, 2.05) is 0 Å². The Labute approximate surface area is 221 Å². The van der Waals surface area contributed by atoms with Gasteiger partial charge in [0, 0.05) is 0 Å². The molecule has 0 saturated carbocycles. The minimum absolute atomic E-state index is 0.113. The highest BCUT2D eigenvalue weighted by Crippen LogP contribution is 2.53. The first-order valence-corrected chi connectivity index (χ1v) is 13.8. The number of aromatic nitrogens is 2. The van der Waals surface area contributed by atoms with Crippen molar-refractivity contribution in [2.75, 3.05) is 12.8 Å². The predicted molar refractivity (Wildman–Crippen MR) is 131 cm³/mol. The Balaban J connectivity index is 1.91. The van der Waals surface area contributed by atoms with Crippen LogP contribution < -0.4 is 15.8 Å². The van der Waals surface area contributed by atoms with Crippen molar-refractivity contribution in [1.82, 2.24) is 9.55 Å². The van der Waals surface area contributed by atoms with Gasteiger partial charge in [0.2, 0.25) is 11.5 Å². The normalized spacial score (nSPS) is 26.1. The minimum atomic E-state index is -4.28. The summed E-state index contributed by atoms with van der Waals surface area (Å²) in [6.45, 7) is 4.05. The monoisotopic (exact) mass is 578 g/mol. The van der Waals surface area contributed by atoms with Gasteiger partial charge in [-0.2, -0.15) is 4.39 Å². The van der Waals surface area contributed by atoms with E-state index in [9.17, 15) is 32.8 Å². The summed E-state index contributed by atoms with van der Waals surface area (Å²) >= 11 is 0. The van der Waals surface area contributed by atoms with Crippen molar-refractivity contribution in [3.05, 3.63) is 63.2 Å². The summed E-state index contributed by atoms with van der Waals surface area (Å²) in [5.41, 5.74) is -5.99. The fourth-order valence-electron chi connectivity index (χ4n) is 4.02. The zero-order valence-corrected chi connectivity index (χ0v) is 22.5. The van der Waals surface area contributed by atoms with Crippen LogP contribution in [0.25, 0.3) is 0 Å². The lowest BCUT2D eigenvalue weighted by atomic mass is 9.95. The molecule has 1 fully saturated rings. The van der Waals surface area contributed by atoms with Gasteiger partial charge in [-0.05, 0) is 32.9 Å². The van der Waals surface area contributed by atoms with Gasteiger partial charge in [0.05, 0.1) is 30.5 Å². The van der Waals surface area contributed by atoms with Gasteiger partial charge in [0.15, 0.2) is 6.23 Å². The molecule has 0 aliphatic carbocycles. The first-order valence-electron chi connectivity index (χ1n) is 12.0. The Morgan fingerprint density at radius 3 is 2.46 bits per heavy atom. The molecule has 1 unspecified atom stereocenters. The Bertz CT molecular complexity index is 1320. The Hall–Kier alpha value is -2.93. The summed E-state index contributed by atoms with van der Waals surface area (Å²) in [4.78, 5) is 37.6. The molecule has 15 heteroatoms. The van der Waals surface area contributed by atoms with Crippen LogP contribution in [0.1, 0.15) is 33.9 Å². The van der Waals surface area contributed by atoms with Crippen molar-refractivity contribution >= 4 is 13.6 Å². The zero-order chi connectivity index (χ0) is 29.1. The van der Waals surface area contributed by atoms with Gasteiger partial charge in [0.1, 0.15) is 24.6 Å². The number of hydrogen-bond donors (Lipinski definition) is 2. The van der Waals surface area contributed by atoms with E-state index >= 15 is 4.39 Å². The summed E-state index contributed by atoms with van der Waals surface area (Å²) in [5, 5.41) is 10.7. The lowest BCUT2D eigenvalue weighted by molar-refractivity contribution is -0.151. The third-order valence-electron chi connectivity index (χ3n) is 5.91. The molecule has 2 aromatic rings. The summed E-state index contributed by atoms with van der Waals surface area (Å²) in [7, 11) is -4.28. The van der Waals surface area contributed by atoms with Crippen LogP contribution in [0, 0.1) is 11.7 Å². The number of esters is 1. The van der Waals surface area contributed by atoms with E-state index in [4.69, 9.17) is 18.5 Å². The molecular weight excluding hydrogens is 548 g/mol. The van der Waals surface area contributed by atoms with E-state index in [2.05, 4.69) is 0 Å². The van der Waals surface area contributed by atoms with Crippen LogP contribution in [0.5, 0.6) is 5.75 Å². The molecule has 0 radical (unpaired) electrons. The maximum atomic E-state index is 15.7. The van der Waals surface area contributed by atoms with Crippen molar-refractivity contribution in [3.8, 4) is 5.75 Å². The number of nitrogens with one attached hydrogen (secondary N) is 1. The van der Waals surface area contributed by atoms with E-state index in [0.29, 0.717) is 6.20 Å². The second kappa shape index (κ2) is 12.1. The van der Waals surface area contributed by atoms with Crippen molar-refractivity contribution < 1.29 is 46.2 Å². The van der Waals surface area contributed by atoms with Gasteiger partial charge in [0.25, 0.3) is 5.56 Å².